The molecule has 0 radical (unpaired) electrons. The van der Waals surface area contributed by atoms with Crippen molar-refractivity contribution in [3.05, 3.63) is 105 Å². The predicted molar refractivity (Wildman–Crippen MR) is 192 cm³/mol. The molecule has 2 aromatic carbocycles. The highest BCUT2D eigenvalue weighted by molar-refractivity contribution is 5.86. The lowest BCUT2D eigenvalue weighted by Crippen LogP contribution is -2.34. The Kier molecular flexibility index (Phi) is 15.1. The van der Waals surface area contributed by atoms with E-state index in [9.17, 15) is 0 Å². The van der Waals surface area contributed by atoms with Gasteiger partial charge in [-0.3, -0.25) is 19.8 Å². The molecule has 0 amide bonds. The molecule has 0 N–H and O–H groups in total. The zero-order valence-electron chi connectivity index (χ0n) is 26.3. The zero-order chi connectivity index (χ0) is 27.7. The monoisotopic (exact) mass is 662 g/mol. The van der Waals surface area contributed by atoms with Crippen LogP contribution in [0.15, 0.2) is 60.9 Å². The summed E-state index contributed by atoms with van der Waals surface area (Å²) >= 11 is 0. The third kappa shape index (κ3) is 9.17. The van der Waals surface area contributed by atoms with Gasteiger partial charge in [-0.05, 0) is 148 Å². The second-order valence-electron chi connectivity index (χ2n) is 11.7. The van der Waals surface area contributed by atoms with Gasteiger partial charge in [0, 0.05) is 55.7 Å². The van der Waals surface area contributed by atoms with E-state index < -0.39 is 0 Å². The van der Waals surface area contributed by atoms with Gasteiger partial charge in [0.05, 0.1) is 11.4 Å². The first-order valence-electron chi connectivity index (χ1n) is 14.2. The molecule has 1 fully saturated rings. The third-order valence-electron chi connectivity index (χ3n) is 8.80. The number of benzene rings is 2. The molecular formula is C35H46Cl4N4. The Hall–Kier alpha value is -2.18. The van der Waals surface area contributed by atoms with Gasteiger partial charge in [-0.25, -0.2) is 0 Å². The van der Waals surface area contributed by atoms with Gasteiger partial charge in [-0.1, -0.05) is 0 Å². The fourth-order valence-electron chi connectivity index (χ4n) is 5.82. The second kappa shape index (κ2) is 16.8. The minimum atomic E-state index is 0. The van der Waals surface area contributed by atoms with Crippen LogP contribution in [0.2, 0.25) is 0 Å². The minimum Gasteiger partial charge on any atom is -0.298 e. The van der Waals surface area contributed by atoms with Crippen molar-refractivity contribution < 1.29 is 0 Å². The Bertz CT molecular complexity index is 1460. The van der Waals surface area contributed by atoms with Crippen molar-refractivity contribution in [3.8, 4) is 22.5 Å². The highest BCUT2D eigenvalue weighted by Gasteiger charge is 2.26. The summed E-state index contributed by atoms with van der Waals surface area (Å²) in [7, 11) is 2.26. The van der Waals surface area contributed by atoms with Crippen LogP contribution in [0.5, 0.6) is 0 Å². The maximum Gasteiger partial charge on any atom is 0.0705 e. The highest BCUT2D eigenvalue weighted by Crippen LogP contribution is 2.27. The molecule has 4 aromatic rings. The van der Waals surface area contributed by atoms with Crippen molar-refractivity contribution in [2.24, 2.45) is 0 Å². The van der Waals surface area contributed by atoms with Gasteiger partial charge in [0.2, 0.25) is 0 Å². The molecule has 234 valence electrons. The lowest BCUT2D eigenvalue weighted by atomic mass is 9.98. The molecule has 1 atom stereocenters. The van der Waals surface area contributed by atoms with Crippen LogP contribution in [-0.2, 0) is 13.1 Å². The van der Waals surface area contributed by atoms with E-state index in [0.717, 1.165) is 37.6 Å². The van der Waals surface area contributed by atoms with Crippen molar-refractivity contribution in [3.63, 3.8) is 0 Å². The van der Waals surface area contributed by atoms with Crippen LogP contribution in [0.3, 0.4) is 0 Å². The van der Waals surface area contributed by atoms with Crippen LogP contribution < -0.4 is 0 Å². The van der Waals surface area contributed by atoms with Crippen molar-refractivity contribution in [2.75, 3.05) is 20.1 Å². The Morgan fingerprint density at radius 1 is 0.674 bits per heavy atom. The molecule has 0 unspecified atom stereocenters. The van der Waals surface area contributed by atoms with Crippen LogP contribution in [0, 0.1) is 41.5 Å². The molecule has 8 heteroatoms. The fraction of sp³-hybridized carbons (Fsp3) is 0.371. The van der Waals surface area contributed by atoms with E-state index in [2.05, 4.69) is 107 Å². The standard InChI is InChI=1S/C35H42N4.4ClH/c1-23-14-31(15-24(2)27(23)5)34-18-29(8-11-36-34)20-38(7)33-10-13-39(22-33)21-30-9-12-37-35(19-30)32-16-25(3)28(6)26(4)17-32;;;;/h8-9,11-12,14-19,33H,10,13,20-22H2,1-7H3;4*1H/t33-;;;;/m0..../s1. The normalized spacial score (nSPS) is 14.4. The molecule has 0 saturated carbocycles. The number of likely N-dealkylation sites (N-methyl/N-ethyl adjacent to an activating group) is 1. The average Bonchev–Trinajstić information content (AvgIpc) is 3.39. The SMILES string of the molecule is Cc1cc(-c2cc(CN3CC[C@H](N(C)Cc4ccnc(-c5cc(C)c(C)c(C)c5)c4)C3)ccn2)cc(C)c1C.Cl.Cl.Cl.Cl. The van der Waals surface area contributed by atoms with Crippen LogP contribution >= 0.6 is 49.6 Å². The molecule has 2 aromatic heterocycles. The van der Waals surface area contributed by atoms with Crippen LogP contribution in [-0.4, -0.2) is 45.9 Å². The molecule has 0 bridgehead atoms. The summed E-state index contributed by atoms with van der Waals surface area (Å²) in [5, 5.41) is 0. The first kappa shape index (κ1) is 38.8. The maximum absolute atomic E-state index is 4.70. The van der Waals surface area contributed by atoms with E-state index in [0.29, 0.717) is 6.04 Å². The number of halogens is 4. The van der Waals surface area contributed by atoms with Gasteiger partial charge in [-0.15, -0.1) is 49.6 Å². The van der Waals surface area contributed by atoms with Gasteiger partial charge < -0.3 is 0 Å². The Morgan fingerprint density at radius 2 is 1.12 bits per heavy atom. The Morgan fingerprint density at radius 3 is 1.60 bits per heavy atom. The van der Waals surface area contributed by atoms with Crippen molar-refractivity contribution in [1.29, 1.82) is 0 Å². The van der Waals surface area contributed by atoms with E-state index in [1.807, 2.05) is 12.4 Å². The quantitative estimate of drug-likeness (QED) is 0.197. The fourth-order valence-corrected chi connectivity index (χ4v) is 5.82. The van der Waals surface area contributed by atoms with Gasteiger partial charge in [0.15, 0.2) is 0 Å². The first-order chi connectivity index (χ1) is 18.7. The first-order valence-corrected chi connectivity index (χ1v) is 14.2. The van der Waals surface area contributed by atoms with Crippen molar-refractivity contribution in [2.45, 2.75) is 67.1 Å². The molecule has 4 nitrogen and oxygen atoms in total. The van der Waals surface area contributed by atoms with E-state index >= 15 is 0 Å². The lowest BCUT2D eigenvalue weighted by Gasteiger charge is -2.25. The largest absolute Gasteiger partial charge is 0.298 e. The summed E-state index contributed by atoms with van der Waals surface area (Å²) in [6.07, 6.45) is 5.12. The number of nitrogens with zero attached hydrogens (tertiary/aromatic N) is 4. The maximum atomic E-state index is 4.70. The molecule has 43 heavy (non-hydrogen) atoms. The molecular weight excluding hydrogens is 618 g/mol. The summed E-state index contributed by atoms with van der Waals surface area (Å²) in [5.74, 6) is 0. The summed E-state index contributed by atoms with van der Waals surface area (Å²) in [4.78, 5) is 14.5. The van der Waals surface area contributed by atoms with Crippen molar-refractivity contribution >= 4 is 49.6 Å². The zero-order valence-corrected chi connectivity index (χ0v) is 29.6. The van der Waals surface area contributed by atoms with E-state index in [4.69, 9.17) is 9.97 Å². The molecule has 1 aliphatic heterocycles. The second-order valence-corrected chi connectivity index (χ2v) is 11.7. The van der Waals surface area contributed by atoms with Crippen LogP contribution in [0.25, 0.3) is 22.5 Å². The number of aryl methyl sites for hydroxylation is 4. The van der Waals surface area contributed by atoms with E-state index in [1.165, 1.54) is 62.1 Å². The molecule has 0 spiro atoms. The number of likely N-dealkylation sites (tertiary alicyclic amines) is 1. The average molecular weight is 665 g/mol. The minimum absolute atomic E-state index is 0. The predicted octanol–water partition coefficient (Wildman–Crippen LogP) is 9.05. The lowest BCUT2D eigenvalue weighted by molar-refractivity contribution is 0.222. The van der Waals surface area contributed by atoms with Crippen LogP contribution in [0.4, 0.5) is 0 Å². The number of aromatic nitrogens is 2. The van der Waals surface area contributed by atoms with Gasteiger partial charge in [-0.2, -0.15) is 0 Å². The van der Waals surface area contributed by atoms with E-state index in [1.54, 1.807) is 0 Å². The number of hydrogen-bond acceptors (Lipinski definition) is 4. The third-order valence-corrected chi connectivity index (χ3v) is 8.80. The summed E-state index contributed by atoms with van der Waals surface area (Å²) in [5.41, 5.74) is 15.2. The number of hydrogen-bond donors (Lipinski definition) is 0. The van der Waals surface area contributed by atoms with Gasteiger partial charge in [0.1, 0.15) is 0 Å². The molecule has 1 saturated heterocycles. The number of pyridine rings is 2. The molecule has 5 rings (SSSR count). The highest BCUT2D eigenvalue weighted by atomic mass is 35.5. The summed E-state index contributed by atoms with van der Waals surface area (Å²) in [6.45, 7) is 17.2. The van der Waals surface area contributed by atoms with Crippen LogP contribution in [0.1, 0.15) is 50.9 Å². The van der Waals surface area contributed by atoms with E-state index in [-0.39, 0.29) is 49.6 Å². The van der Waals surface area contributed by atoms with Crippen molar-refractivity contribution in [1.82, 2.24) is 19.8 Å². The topological polar surface area (TPSA) is 32.3 Å². The molecule has 3 heterocycles. The Labute approximate surface area is 283 Å². The Balaban J connectivity index is 0.00000231. The summed E-state index contributed by atoms with van der Waals surface area (Å²) < 4.78 is 0. The smallest absolute Gasteiger partial charge is 0.0705 e. The number of rotatable bonds is 7. The molecule has 0 aliphatic carbocycles. The molecule has 1 aliphatic rings. The van der Waals surface area contributed by atoms with Gasteiger partial charge in [0.25, 0.3) is 0 Å². The van der Waals surface area contributed by atoms with Gasteiger partial charge >= 0.3 is 0 Å². The summed E-state index contributed by atoms with van der Waals surface area (Å²) in [6, 6.07) is 18.5.